The minimum atomic E-state index is -0.145. The number of carbonyl (C=O) groups excluding carboxylic acids is 1. The van der Waals surface area contributed by atoms with Gasteiger partial charge in [-0.3, -0.25) is 0 Å². The van der Waals surface area contributed by atoms with E-state index in [-0.39, 0.29) is 12.1 Å². The summed E-state index contributed by atoms with van der Waals surface area (Å²) in [6.07, 6.45) is 0.885. The van der Waals surface area contributed by atoms with Gasteiger partial charge in [0.15, 0.2) is 0 Å². The molecule has 0 amide bonds. The smallest absolute Gasteiger partial charge is 0.334 e. The molecule has 1 heterocycles. The SMILES string of the molecule is CC1=C2c3cc(C)c(C)cc3[C@H](C)C[C@@H]2OC1=O. The number of benzene rings is 1. The van der Waals surface area contributed by atoms with Crippen LogP contribution in [0.1, 0.15) is 48.4 Å². The largest absolute Gasteiger partial charge is 0.454 e. The lowest BCUT2D eigenvalue weighted by molar-refractivity contribution is -0.139. The topological polar surface area (TPSA) is 26.3 Å². The summed E-state index contributed by atoms with van der Waals surface area (Å²) in [5, 5.41) is 0. The third kappa shape index (κ3) is 1.45. The number of fused-ring (bicyclic) bond motifs is 3. The maximum Gasteiger partial charge on any atom is 0.334 e. The summed E-state index contributed by atoms with van der Waals surface area (Å²) in [5.74, 6) is 0.306. The quantitative estimate of drug-likeness (QED) is 0.651. The van der Waals surface area contributed by atoms with Crippen LogP contribution in [0.5, 0.6) is 0 Å². The molecule has 0 saturated carbocycles. The van der Waals surface area contributed by atoms with Gasteiger partial charge in [0.25, 0.3) is 0 Å². The average molecular weight is 242 g/mol. The molecule has 1 aromatic carbocycles. The van der Waals surface area contributed by atoms with Crippen LogP contribution < -0.4 is 0 Å². The fraction of sp³-hybridized carbons (Fsp3) is 0.438. The molecule has 2 atom stereocenters. The van der Waals surface area contributed by atoms with Crippen LogP contribution in [0.4, 0.5) is 0 Å². The zero-order valence-electron chi connectivity index (χ0n) is 11.3. The Balaban J connectivity index is 2.27. The predicted octanol–water partition coefficient (Wildman–Crippen LogP) is 3.51. The fourth-order valence-corrected chi connectivity index (χ4v) is 3.10. The van der Waals surface area contributed by atoms with E-state index in [1.54, 1.807) is 0 Å². The Morgan fingerprint density at radius 1 is 1.17 bits per heavy atom. The number of rotatable bonds is 0. The van der Waals surface area contributed by atoms with E-state index >= 15 is 0 Å². The van der Waals surface area contributed by atoms with Crippen LogP contribution in [0, 0.1) is 13.8 Å². The highest BCUT2D eigenvalue weighted by atomic mass is 16.5. The van der Waals surface area contributed by atoms with Crippen LogP contribution in [0.3, 0.4) is 0 Å². The third-order valence-electron chi connectivity index (χ3n) is 4.34. The van der Waals surface area contributed by atoms with Crippen molar-refractivity contribution >= 4 is 11.5 Å². The molecule has 0 N–H and O–H groups in total. The van der Waals surface area contributed by atoms with E-state index in [2.05, 4.69) is 32.9 Å². The summed E-state index contributed by atoms with van der Waals surface area (Å²) in [6, 6.07) is 4.49. The van der Waals surface area contributed by atoms with Gasteiger partial charge in [0.1, 0.15) is 6.10 Å². The standard InChI is InChI=1S/C16H18O2/c1-8-5-12-10(3)7-14-15(11(4)16(17)18-14)13(12)6-9(8)2/h5-6,10,14H,7H2,1-4H3/t10-,14+/m1/s1. The van der Waals surface area contributed by atoms with Gasteiger partial charge >= 0.3 is 5.97 Å². The first-order chi connectivity index (χ1) is 8.49. The second-order valence-electron chi connectivity index (χ2n) is 5.59. The van der Waals surface area contributed by atoms with Crippen molar-refractivity contribution in [3.05, 3.63) is 40.0 Å². The molecule has 2 nitrogen and oxygen atoms in total. The summed E-state index contributed by atoms with van der Waals surface area (Å²) < 4.78 is 5.46. The van der Waals surface area contributed by atoms with Crippen LogP contribution in [-0.2, 0) is 9.53 Å². The maximum atomic E-state index is 11.7. The Bertz CT molecular complexity index is 581. The Morgan fingerprint density at radius 3 is 2.56 bits per heavy atom. The van der Waals surface area contributed by atoms with E-state index in [1.165, 1.54) is 22.3 Å². The van der Waals surface area contributed by atoms with Crippen molar-refractivity contribution in [3.8, 4) is 0 Å². The van der Waals surface area contributed by atoms with Gasteiger partial charge in [-0.25, -0.2) is 4.79 Å². The van der Waals surface area contributed by atoms with Crippen molar-refractivity contribution in [2.24, 2.45) is 0 Å². The number of hydrogen-bond acceptors (Lipinski definition) is 2. The van der Waals surface area contributed by atoms with E-state index in [1.807, 2.05) is 6.92 Å². The summed E-state index contributed by atoms with van der Waals surface area (Å²) in [6.45, 7) is 8.36. The second-order valence-corrected chi connectivity index (χ2v) is 5.59. The van der Waals surface area contributed by atoms with Crippen molar-refractivity contribution in [3.63, 3.8) is 0 Å². The number of esters is 1. The van der Waals surface area contributed by atoms with E-state index in [4.69, 9.17) is 4.74 Å². The molecule has 1 aliphatic heterocycles. The Kier molecular flexibility index (Phi) is 2.37. The van der Waals surface area contributed by atoms with Crippen LogP contribution >= 0.6 is 0 Å². The van der Waals surface area contributed by atoms with Gasteiger partial charge in [0.2, 0.25) is 0 Å². The number of aryl methyl sites for hydroxylation is 2. The molecule has 2 heteroatoms. The molecular weight excluding hydrogens is 224 g/mol. The molecule has 0 spiro atoms. The minimum absolute atomic E-state index is 0.0258. The molecule has 0 fully saturated rings. The van der Waals surface area contributed by atoms with Crippen molar-refractivity contribution in [2.45, 2.75) is 46.1 Å². The van der Waals surface area contributed by atoms with E-state index in [0.29, 0.717) is 5.92 Å². The van der Waals surface area contributed by atoms with Gasteiger partial charge in [-0.2, -0.15) is 0 Å². The summed E-state index contributed by atoms with van der Waals surface area (Å²) in [7, 11) is 0. The zero-order valence-corrected chi connectivity index (χ0v) is 11.3. The molecule has 0 aromatic heterocycles. The van der Waals surface area contributed by atoms with Gasteiger partial charge in [0, 0.05) is 11.1 Å². The van der Waals surface area contributed by atoms with Crippen molar-refractivity contribution in [1.82, 2.24) is 0 Å². The molecule has 0 radical (unpaired) electrons. The molecule has 0 saturated heterocycles. The molecule has 0 unspecified atom stereocenters. The number of hydrogen-bond donors (Lipinski definition) is 0. The molecular formula is C16H18O2. The molecule has 94 valence electrons. The van der Waals surface area contributed by atoms with E-state index in [0.717, 1.165) is 17.6 Å². The summed E-state index contributed by atoms with van der Waals surface area (Å²) in [5.41, 5.74) is 7.10. The van der Waals surface area contributed by atoms with Gasteiger partial charge in [-0.05, 0) is 55.4 Å². The van der Waals surface area contributed by atoms with Crippen LogP contribution in [0.15, 0.2) is 17.7 Å². The first-order valence-corrected chi connectivity index (χ1v) is 6.52. The Labute approximate surface area is 108 Å². The highest BCUT2D eigenvalue weighted by Crippen LogP contribution is 2.45. The highest BCUT2D eigenvalue weighted by Gasteiger charge is 2.38. The molecule has 1 aromatic rings. The lowest BCUT2D eigenvalue weighted by atomic mass is 9.77. The maximum absolute atomic E-state index is 11.7. The van der Waals surface area contributed by atoms with Gasteiger partial charge in [0.05, 0.1) is 0 Å². The Morgan fingerprint density at radius 2 is 1.83 bits per heavy atom. The normalized spacial score (nSPS) is 25.9. The molecule has 1 aliphatic carbocycles. The van der Waals surface area contributed by atoms with E-state index < -0.39 is 0 Å². The Hall–Kier alpha value is -1.57. The first-order valence-electron chi connectivity index (χ1n) is 6.52. The van der Waals surface area contributed by atoms with Crippen LogP contribution in [0.2, 0.25) is 0 Å². The lowest BCUT2D eigenvalue weighted by Gasteiger charge is -2.29. The number of carbonyl (C=O) groups is 1. The van der Waals surface area contributed by atoms with E-state index in [9.17, 15) is 4.79 Å². The van der Waals surface area contributed by atoms with Gasteiger partial charge in [-0.1, -0.05) is 19.1 Å². The molecule has 18 heavy (non-hydrogen) atoms. The minimum Gasteiger partial charge on any atom is -0.454 e. The zero-order chi connectivity index (χ0) is 13.0. The van der Waals surface area contributed by atoms with Crippen molar-refractivity contribution < 1.29 is 9.53 Å². The monoisotopic (exact) mass is 242 g/mol. The molecule has 2 aliphatic rings. The van der Waals surface area contributed by atoms with Gasteiger partial charge in [-0.15, -0.1) is 0 Å². The average Bonchev–Trinajstić information content (AvgIpc) is 2.58. The fourth-order valence-electron chi connectivity index (χ4n) is 3.10. The predicted molar refractivity (Wildman–Crippen MR) is 71.4 cm³/mol. The summed E-state index contributed by atoms with van der Waals surface area (Å²) >= 11 is 0. The molecule has 3 rings (SSSR count). The second kappa shape index (κ2) is 3.71. The first kappa shape index (κ1) is 11.5. The third-order valence-corrected chi connectivity index (χ3v) is 4.34. The summed E-state index contributed by atoms with van der Waals surface area (Å²) in [4.78, 5) is 11.7. The molecule has 0 bridgehead atoms. The highest BCUT2D eigenvalue weighted by molar-refractivity contribution is 6.03. The number of ether oxygens (including phenoxy) is 1. The lowest BCUT2D eigenvalue weighted by Crippen LogP contribution is -2.21. The van der Waals surface area contributed by atoms with Crippen molar-refractivity contribution in [1.29, 1.82) is 0 Å². The van der Waals surface area contributed by atoms with Gasteiger partial charge < -0.3 is 4.74 Å². The van der Waals surface area contributed by atoms with Crippen LogP contribution in [0.25, 0.3) is 5.57 Å². The van der Waals surface area contributed by atoms with Crippen LogP contribution in [-0.4, -0.2) is 12.1 Å². The van der Waals surface area contributed by atoms with Crippen molar-refractivity contribution in [2.75, 3.05) is 0 Å².